The van der Waals surface area contributed by atoms with Gasteiger partial charge in [-0.05, 0) is 73.6 Å². The highest BCUT2D eigenvalue weighted by Gasteiger charge is 2.22. The minimum Gasteiger partial charge on any atom is -0.382 e. The van der Waals surface area contributed by atoms with E-state index in [9.17, 15) is 4.79 Å². The van der Waals surface area contributed by atoms with Crippen LogP contribution in [0, 0.1) is 11.8 Å². The van der Waals surface area contributed by atoms with Gasteiger partial charge in [-0.15, -0.1) is 0 Å². The fourth-order valence-electron chi connectivity index (χ4n) is 5.43. The maximum atomic E-state index is 12.5. The summed E-state index contributed by atoms with van der Waals surface area (Å²) in [6, 6.07) is 17.2. The zero-order chi connectivity index (χ0) is 23.3. The number of carbonyl (C=O) groups excluding carboxylic acids is 1. The maximum absolute atomic E-state index is 12.5. The predicted molar refractivity (Wildman–Crippen MR) is 140 cm³/mol. The van der Waals surface area contributed by atoms with Gasteiger partial charge in [0.15, 0.2) is 0 Å². The Bertz CT molecular complexity index is 1080. The number of anilines is 2. The summed E-state index contributed by atoms with van der Waals surface area (Å²) in [6.45, 7) is 2.35. The van der Waals surface area contributed by atoms with Crippen LogP contribution in [-0.2, 0) is 4.79 Å². The normalized spacial score (nSPS) is 21.2. The largest absolute Gasteiger partial charge is 0.382 e. The van der Waals surface area contributed by atoms with Crippen LogP contribution in [0.5, 0.6) is 0 Å². The summed E-state index contributed by atoms with van der Waals surface area (Å²) in [6.07, 6.45) is 12.7. The van der Waals surface area contributed by atoms with Crippen molar-refractivity contribution in [3.8, 4) is 22.6 Å². The van der Waals surface area contributed by atoms with Gasteiger partial charge in [0.25, 0.3) is 0 Å². The molecule has 2 aliphatic rings. The Balaban J connectivity index is 1.21. The first-order valence-electron chi connectivity index (χ1n) is 13.0. The first kappa shape index (κ1) is 22.7. The molecule has 0 aliphatic heterocycles. The Kier molecular flexibility index (Phi) is 6.98. The smallest absolute Gasteiger partial charge is 0.227 e. The topological polar surface area (TPSA) is 69.8 Å². The van der Waals surface area contributed by atoms with Crippen LogP contribution >= 0.6 is 0 Å². The van der Waals surface area contributed by atoms with E-state index in [4.69, 9.17) is 0 Å². The van der Waals surface area contributed by atoms with Crippen molar-refractivity contribution in [3.63, 3.8) is 0 Å². The van der Waals surface area contributed by atoms with E-state index in [0.717, 1.165) is 59.9 Å². The Morgan fingerprint density at radius 3 is 2.21 bits per heavy atom. The fourth-order valence-corrected chi connectivity index (χ4v) is 5.43. The lowest BCUT2D eigenvalue weighted by Crippen LogP contribution is -2.30. The second kappa shape index (κ2) is 10.5. The molecule has 3 aromatic rings. The molecule has 5 rings (SSSR count). The van der Waals surface area contributed by atoms with Crippen molar-refractivity contribution in [3.05, 3.63) is 54.7 Å². The number of nitrogens with zero attached hydrogens (tertiary/aromatic N) is 1. The molecule has 1 amide bonds. The average molecular weight is 457 g/mol. The van der Waals surface area contributed by atoms with E-state index in [0.29, 0.717) is 6.04 Å². The number of aromatic nitrogens is 2. The number of aromatic amines is 1. The standard InChI is InChI=1S/C29H36N4O/c1-20-7-5-6-10-26(20)31-24-17-13-22(14-18-24)28-30-19-27(33-28)21-11-15-25(16-12-21)32-29(34)23-8-3-2-4-9-23/h11-20,23,26,31H,2-10H2,1H3,(H,30,33)(H,32,34). The Hall–Kier alpha value is -3.08. The molecule has 34 heavy (non-hydrogen) atoms. The predicted octanol–water partition coefficient (Wildman–Crippen LogP) is 7.25. The van der Waals surface area contributed by atoms with Crippen LogP contribution in [0.15, 0.2) is 54.7 Å². The average Bonchev–Trinajstić information content (AvgIpc) is 3.37. The Morgan fingerprint density at radius 1 is 0.824 bits per heavy atom. The molecule has 3 N–H and O–H groups in total. The monoisotopic (exact) mass is 456 g/mol. The molecule has 2 atom stereocenters. The number of H-pyrrole nitrogens is 1. The van der Waals surface area contributed by atoms with Gasteiger partial charge < -0.3 is 15.6 Å². The lowest BCUT2D eigenvalue weighted by Gasteiger charge is -2.30. The van der Waals surface area contributed by atoms with Crippen LogP contribution in [0.2, 0.25) is 0 Å². The van der Waals surface area contributed by atoms with E-state index in [1.165, 1.54) is 37.8 Å². The Labute approximate surface area is 202 Å². The second-order valence-corrected chi connectivity index (χ2v) is 10.1. The van der Waals surface area contributed by atoms with Gasteiger partial charge in [-0.25, -0.2) is 4.98 Å². The number of hydrogen-bond acceptors (Lipinski definition) is 3. The van der Waals surface area contributed by atoms with Crippen molar-refractivity contribution in [2.75, 3.05) is 10.6 Å². The van der Waals surface area contributed by atoms with Gasteiger partial charge in [-0.1, -0.05) is 51.2 Å². The summed E-state index contributed by atoms with van der Waals surface area (Å²) in [5.74, 6) is 1.92. The van der Waals surface area contributed by atoms with Crippen molar-refractivity contribution in [2.24, 2.45) is 11.8 Å². The molecule has 2 aliphatic carbocycles. The number of benzene rings is 2. The van der Waals surface area contributed by atoms with Crippen LogP contribution in [0.1, 0.15) is 64.7 Å². The van der Waals surface area contributed by atoms with E-state index in [1.54, 1.807) is 0 Å². The molecule has 0 saturated heterocycles. The molecule has 2 unspecified atom stereocenters. The number of imidazole rings is 1. The molecular weight excluding hydrogens is 420 g/mol. The van der Waals surface area contributed by atoms with Gasteiger partial charge in [-0.3, -0.25) is 4.79 Å². The van der Waals surface area contributed by atoms with Crippen molar-refractivity contribution in [1.29, 1.82) is 0 Å². The van der Waals surface area contributed by atoms with Crippen molar-refractivity contribution in [2.45, 2.75) is 70.8 Å². The van der Waals surface area contributed by atoms with Gasteiger partial charge in [-0.2, -0.15) is 0 Å². The van der Waals surface area contributed by atoms with E-state index in [2.05, 4.69) is 51.8 Å². The molecule has 2 aromatic carbocycles. The first-order chi connectivity index (χ1) is 16.7. The fraction of sp³-hybridized carbons (Fsp3) is 0.448. The lowest BCUT2D eigenvalue weighted by atomic mass is 9.86. The molecule has 2 saturated carbocycles. The highest BCUT2D eigenvalue weighted by atomic mass is 16.1. The Morgan fingerprint density at radius 2 is 1.47 bits per heavy atom. The molecule has 0 bridgehead atoms. The molecule has 5 heteroatoms. The van der Waals surface area contributed by atoms with E-state index in [1.807, 2.05) is 30.5 Å². The third-order valence-corrected chi connectivity index (χ3v) is 7.64. The quantitative estimate of drug-likeness (QED) is 0.366. The van der Waals surface area contributed by atoms with E-state index in [-0.39, 0.29) is 11.8 Å². The summed E-state index contributed by atoms with van der Waals surface area (Å²) in [5.41, 5.74) is 5.14. The van der Waals surface area contributed by atoms with Gasteiger partial charge in [0.1, 0.15) is 5.82 Å². The van der Waals surface area contributed by atoms with E-state index < -0.39 is 0 Å². The number of rotatable bonds is 6. The summed E-state index contributed by atoms with van der Waals surface area (Å²) in [7, 11) is 0. The molecule has 2 fully saturated rings. The van der Waals surface area contributed by atoms with Gasteiger partial charge in [0.05, 0.1) is 11.9 Å². The highest BCUT2D eigenvalue weighted by Crippen LogP contribution is 2.29. The summed E-state index contributed by atoms with van der Waals surface area (Å²) >= 11 is 0. The van der Waals surface area contributed by atoms with Crippen LogP contribution < -0.4 is 10.6 Å². The van der Waals surface area contributed by atoms with Crippen LogP contribution in [-0.4, -0.2) is 21.9 Å². The third-order valence-electron chi connectivity index (χ3n) is 7.64. The molecule has 5 nitrogen and oxygen atoms in total. The first-order valence-corrected chi connectivity index (χ1v) is 13.0. The summed E-state index contributed by atoms with van der Waals surface area (Å²) in [5, 5.41) is 6.81. The molecule has 1 heterocycles. The highest BCUT2D eigenvalue weighted by molar-refractivity contribution is 5.92. The minimum atomic E-state index is 0.159. The van der Waals surface area contributed by atoms with E-state index >= 15 is 0 Å². The second-order valence-electron chi connectivity index (χ2n) is 10.1. The van der Waals surface area contributed by atoms with Gasteiger partial charge >= 0.3 is 0 Å². The van der Waals surface area contributed by atoms with Crippen LogP contribution in [0.25, 0.3) is 22.6 Å². The lowest BCUT2D eigenvalue weighted by molar-refractivity contribution is -0.120. The number of nitrogens with one attached hydrogen (secondary N) is 3. The zero-order valence-electron chi connectivity index (χ0n) is 20.1. The molecule has 0 radical (unpaired) electrons. The van der Waals surface area contributed by atoms with Crippen molar-refractivity contribution < 1.29 is 4.79 Å². The number of hydrogen-bond donors (Lipinski definition) is 3. The molecule has 1 aromatic heterocycles. The number of carbonyl (C=O) groups is 1. The number of amides is 1. The van der Waals surface area contributed by atoms with Crippen LogP contribution in [0.3, 0.4) is 0 Å². The summed E-state index contributed by atoms with van der Waals surface area (Å²) in [4.78, 5) is 20.6. The zero-order valence-corrected chi connectivity index (χ0v) is 20.1. The van der Waals surface area contributed by atoms with Gasteiger partial charge in [0.2, 0.25) is 5.91 Å². The van der Waals surface area contributed by atoms with Gasteiger partial charge in [0, 0.05) is 28.9 Å². The SMILES string of the molecule is CC1CCCCC1Nc1ccc(-c2ncc(-c3ccc(NC(=O)C4CCCCC4)cc3)[nH]2)cc1. The summed E-state index contributed by atoms with van der Waals surface area (Å²) < 4.78 is 0. The minimum absolute atomic E-state index is 0.159. The molecule has 0 spiro atoms. The molecular formula is C29H36N4O. The third kappa shape index (κ3) is 5.35. The maximum Gasteiger partial charge on any atom is 0.227 e. The van der Waals surface area contributed by atoms with Crippen molar-refractivity contribution in [1.82, 2.24) is 9.97 Å². The van der Waals surface area contributed by atoms with Crippen molar-refractivity contribution >= 4 is 17.3 Å². The van der Waals surface area contributed by atoms with Crippen LogP contribution in [0.4, 0.5) is 11.4 Å². The molecule has 178 valence electrons.